The molecule has 0 aromatic heterocycles. The number of carboxylic acids is 1. The van der Waals surface area contributed by atoms with Crippen molar-refractivity contribution in [1.29, 1.82) is 0 Å². The van der Waals surface area contributed by atoms with Crippen LogP contribution >= 0.6 is 0 Å². The molecule has 1 N–H and O–H groups in total. The van der Waals surface area contributed by atoms with Crippen LogP contribution < -0.4 is 0 Å². The average molecular weight is 113 g/mol. The second-order valence-electron chi connectivity index (χ2n) is 1.75. The third kappa shape index (κ3) is 5.21. The van der Waals surface area contributed by atoms with E-state index in [-0.39, 0.29) is 0 Å². The first-order valence-electron chi connectivity index (χ1n) is 2.34. The van der Waals surface area contributed by atoms with Crippen molar-refractivity contribution in [2.45, 2.75) is 13.8 Å². The number of allylic oxidation sites excluding steroid dienone is 1. The van der Waals surface area contributed by atoms with Gasteiger partial charge in [-0.3, -0.25) is 0 Å². The normalized spacial score (nSPS) is 10.9. The molecule has 0 aromatic rings. The molecule has 0 amide bonds. The van der Waals surface area contributed by atoms with E-state index in [9.17, 15) is 4.79 Å². The minimum atomic E-state index is -0.897. The van der Waals surface area contributed by atoms with E-state index in [0.29, 0.717) is 0 Å². The van der Waals surface area contributed by atoms with Gasteiger partial charge in [0.2, 0.25) is 0 Å². The van der Waals surface area contributed by atoms with Gasteiger partial charge in [-0.05, 0) is 5.92 Å². The van der Waals surface area contributed by atoms with E-state index < -0.39 is 5.97 Å². The monoisotopic (exact) mass is 113 g/mol. The summed E-state index contributed by atoms with van der Waals surface area (Å²) in [4.78, 5) is 9.80. The van der Waals surface area contributed by atoms with Crippen LogP contribution in [0.1, 0.15) is 13.8 Å². The maximum atomic E-state index is 9.80. The Kier molecular flexibility index (Phi) is 2.92. The van der Waals surface area contributed by atoms with Crippen LogP contribution in [-0.4, -0.2) is 11.1 Å². The predicted octanol–water partition coefficient (Wildman–Crippen LogP) is 1.24. The molecule has 0 fully saturated rings. The van der Waals surface area contributed by atoms with Crippen molar-refractivity contribution >= 4 is 5.97 Å². The standard InChI is InChI=1S/C6H9O2/c1-5(2)3-4-6(7)8/h3-4H,1-2H3,(H,7,8)/b4-3+. The fourth-order valence-electron chi connectivity index (χ4n) is 0.238. The molecule has 0 atom stereocenters. The van der Waals surface area contributed by atoms with Gasteiger partial charge < -0.3 is 5.11 Å². The Morgan fingerprint density at radius 3 is 2.00 bits per heavy atom. The van der Waals surface area contributed by atoms with Crippen molar-refractivity contribution in [3.8, 4) is 0 Å². The zero-order valence-corrected chi connectivity index (χ0v) is 5.01. The highest BCUT2D eigenvalue weighted by Crippen LogP contribution is 1.94. The molecule has 0 aliphatic heterocycles. The van der Waals surface area contributed by atoms with Crippen LogP contribution in [-0.2, 0) is 4.79 Å². The number of hydrogen-bond acceptors (Lipinski definition) is 1. The van der Waals surface area contributed by atoms with Crippen LogP contribution in [0.4, 0.5) is 0 Å². The van der Waals surface area contributed by atoms with Gasteiger partial charge in [-0.1, -0.05) is 19.9 Å². The third-order valence-electron chi connectivity index (χ3n) is 0.559. The lowest BCUT2D eigenvalue weighted by molar-refractivity contribution is -0.131. The molecule has 2 nitrogen and oxygen atoms in total. The van der Waals surface area contributed by atoms with Crippen molar-refractivity contribution in [3.05, 3.63) is 18.1 Å². The summed E-state index contributed by atoms with van der Waals surface area (Å²) in [6, 6.07) is 0. The number of rotatable bonds is 2. The van der Waals surface area contributed by atoms with Gasteiger partial charge in [0.1, 0.15) is 0 Å². The summed E-state index contributed by atoms with van der Waals surface area (Å²) in [7, 11) is 0. The minimum Gasteiger partial charge on any atom is -0.478 e. The van der Waals surface area contributed by atoms with Crippen LogP contribution in [0.25, 0.3) is 0 Å². The Balaban J connectivity index is 3.50. The van der Waals surface area contributed by atoms with Crippen LogP contribution in [0.3, 0.4) is 0 Å². The molecule has 45 valence electrons. The highest BCUT2D eigenvalue weighted by molar-refractivity contribution is 5.80. The Bertz CT molecular complexity index is 103. The second kappa shape index (κ2) is 3.24. The number of carboxylic acid groups (broad SMARTS) is 1. The Morgan fingerprint density at radius 1 is 1.38 bits per heavy atom. The van der Waals surface area contributed by atoms with E-state index >= 15 is 0 Å². The summed E-state index contributed by atoms with van der Waals surface area (Å²) in [5, 5.41) is 8.06. The first-order chi connectivity index (χ1) is 3.63. The summed E-state index contributed by atoms with van der Waals surface area (Å²) in [5.74, 6) is 0.0959. The summed E-state index contributed by atoms with van der Waals surface area (Å²) in [6.07, 6.45) is 2.68. The number of carbonyl (C=O) groups is 1. The Labute approximate surface area is 48.8 Å². The summed E-state index contributed by atoms with van der Waals surface area (Å²) in [6.45, 7) is 3.69. The van der Waals surface area contributed by atoms with E-state index in [1.165, 1.54) is 0 Å². The van der Waals surface area contributed by atoms with Gasteiger partial charge in [0, 0.05) is 6.08 Å². The van der Waals surface area contributed by atoms with Crippen molar-refractivity contribution in [2.24, 2.45) is 0 Å². The van der Waals surface area contributed by atoms with Crippen LogP contribution in [0.2, 0.25) is 0 Å². The Morgan fingerprint density at radius 2 is 1.88 bits per heavy atom. The molecule has 0 aromatic carbocycles. The molecule has 2 heteroatoms. The fourth-order valence-corrected chi connectivity index (χ4v) is 0.238. The molecule has 0 rings (SSSR count). The zero-order valence-electron chi connectivity index (χ0n) is 5.01. The van der Waals surface area contributed by atoms with Crippen molar-refractivity contribution in [3.63, 3.8) is 0 Å². The van der Waals surface area contributed by atoms with E-state index in [1.807, 2.05) is 13.8 Å². The average Bonchev–Trinajstić information content (AvgIpc) is 1.61. The third-order valence-corrected chi connectivity index (χ3v) is 0.559. The first kappa shape index (κ1) is 7.21. The molecule has 0 bridgehead atoms. The topological polar surface area (TPSA) is 37.3 Å². The van der Waals surface area contributed by atoms with E-state index in [1.54, 1.807) is 6.08 Å². The largest absolute Gasteiger partial charge is 0.478 e. The summed E-state index contributed by atoms with van der Waals surface area (Å²) >= 11 is 0. The lowest BCUT2D eigenvalue weighted by Crippen LogP contribution is -1.87. The SMILES string of the molecule is C[C](C)/C=C/C(=O)O. The molecule has 0 heterocycles. The molecule has 8 heavy (non-hydrogen) atoms. The molecule has 0 unspecified atom stereocenters. The van der Waals surface area contributed by atoms with Crippen molar-refractivity contribution in [2.75, 3.05) is 0 Å². The molecule has 0 spiro atoms. The molecule has 1 radical (unpaired) electrons. The van der Waals surface area contributed by atoms with Gasteiger partial charge >= 0.3 is 5.97 Å². The highest BCUT2D eigenvalue weighted by Gasteiger charge is 1.87. The number of aliphatic carboxylic acids is 1. The van der Waals surface area contributed by atoms with Crippen LogP contribution in [0, 0.1) is 5.92 Å². The molecule has 0 saturated heterocycles. The van der Waals surface area contributed by atoms with Gasteiger partial charge in [0.25, 0.3) is 0 Å². The lowest BCUT2D eigenvalue weighted by Gasteiger charge is -1.87. The molecule has 0 aliphatic rings. The molecule has 0 saturated carbocycles. The quantitative estimate of drug-likeness (QED) is 0.547. The van der Waals surface area contributed by atoms with E-state index in [2.05, 4.69) is 0 Å². The van der Waals surface area contributed by atoms with Gasteiger partial charge in [-0.25, -0.2) is 4.79 Å². The Hall–Kier alpha value is -0.790. The lowest BCUT2D eigenvalue weighted by atomic mass is 10.2. The first-order valence-corrected chi connectivity index (χ1v) is 2.34. The smallest absolute Gasteiger partial charge is 0.327 e. The van der Waals surface area contributed by atoms with Gasteiger partial charge in [0.15, 0.2) is 0 Å². The van der Waals surface area contributed by atoms with E-state index in [4.69, 9.17) is 5.11 Å². The van der Waals surface area contributed by atoms with Crippen LogP contribution in [0.15, 0.2) is 12.2 Å². The van der Waals surface area contributed by atoms with Crippen LogP contribution in [0.5, 0.6) is 0 Å². The minimum absolute atomic E-state index is 0.897. The molecular weight excluding hydrogens is 104 g/mol. The predicted molar refractivity (Wildman–Crippen MR) is 31.4 cm³/mol. The van der Waals surface area contributed by atoms with Crippen molar-refractivity contribution < 1.29 is 9.90 Å². The highest BCUT2D eigenvalue weighted by atomic mass is 16.4. The number of hydrogen-bond donors (Lipinski definition) is 1. The summed E-state index contributed by atoms with van der Waals surface area (Å²) < 4.78 is 0. The van der Waals surface area contributed by atoms with E-state index in [0.717, 1.165) is 12.0 Å². The summed E-state index contributed by atoms with van der Waals surface area (Å²) in [5.41, 5.74) is 0. The molecular formula is C6H9O2. The van der Waals surface area contributed by atoms with Gasteiger partial charge in [0.05, 0.1) is 0 Å². The maximum absolute atomic E-state index is 9.80. The zero-order chi connectivity index (χ0) is 6.57. The maximum Gasteiger partial charge on any atom is 0.327 e. The van der Waals surface area contributed by atoms with Gasteiger partial charge in [-0.2, -0.15) is 0 Å². The second-order valence-corrected chi connectivity index (χ2v) is 1.75. The molecule has 0 aliphatic carbocycles. The van der Waals surface area contributed by atoms with Gasteiger partial charge in [-0.15, -0.1) is 0 Å². The van der Waals surface area contributed by atoms with Crippen molar-refractivity contribution in [1.82, 2.24) is 0 Å². The fraction of sp³-hybridized carbons (Fsp3) is 0.333.